The van der Waals surface area contributed by atoms with E-state index in [0.717, 1.165) is 0 Å². The molecule has 0 saturated carbocycles. The molecule has 0 bridgehead atoms. The first-order valence-corrected chi connectivity index (χ1v) is 4.55. The zero-order valence-corrected chi connectivity index (χ0v) is 9.55. The summed E-state index contributed by atoms with van der Waals surface area (Å²) in [5.74, 6) is 0.145. The van der Waals surface area contributed by atoms with Crippen LogP contribution in [-0.2, 0) is 9.47 Å². The van der Waals surface area contributed by atoms with E-state index in [1.165, 1.54) is 26.5 Å². The largest absolute Gasteiger partial charge is 0.514 e. The Kier molecular flexibility index (Phi) is 4.27. The first-order chi connectivity index (χ1) is 8.06. The van der Waals surface area contributed by atoms with Crippen molar-refractivity contribution >= 4 is 12.3 Å². The van der Waals surface area contributed by atoms with Crippen molar-refractivity contribution in [1.29, 1.82) is 0 Å². The van der Waals surface area contributed by atoms with Gasteiger partial charge in [-0.3, -0.25) is 0 Å². The third-order valence-corrected chi connectivity index (χ3v) is 1.74. The number of carbonyl (C=O) groups excluding carboxylic acids is 2. The fourth-order valence-corrected chi connectivity index (χ4v) is 0.912. The number of hydrogen-bond donors (Lipinski definition) is 0. The number of aromatic nitrogens is 1. The molecule has 1 heterocycles. The first kappa shape index (κ1) is 12.8. The van der Waals surface area contributed by atoms with Crippen LogP contribution in [0.2, 0.25) is 0 Å². The third kappa shape index (κ3) is 3.63. The van der Waals surface area contributed by atoms with Gasteiger partial charge in [0.2, 0.25) is 5.88 Å². The lowest BCUT2D eigenvalue weighted by Gasteiger charge is -2.07. The van der Waals surface area contributed by atoms with Crippen molar-refractivity contribution in [2.75, 3.05) is 14.2 Å². The second-order valence-electron chi connectivity index (χ2n) is 2.90. The summed E-state index contributed by atoms with van der Waals surface area (Å²) in [5, 5.41) is 0. The minimum absolute atomic E-state index is 0.0404. The van der Waals surface area contributed by atoms with E-state index in [9.17, 15) is 9.59 Å². The van der Waals surface area contributed by atoms with Crippen LogP contribution in [0.4, 0.5) is 9.59 Å². The Balaban J connectivity index is 2.86. The normalized spacial score (nSPS) is 9.35. The molecule has 92 valence electrons. The van der Waals surface area contributed by atoms with Crippen molar-refractivity contribution in [3.63, 3.8) is 0 Å². The molecule has 1 rings (SSSR count). The number of aryl methyl sites for hydroxylation is 1. The molecule has 0 aliphatic rings. The van der Waals surface area contributed by atoms with E-state index in [1.54, 1.807) is 6.92 Å². The van der Waals surface area contributed by atoms with E-state index >= 15 is 0 Å². The molecule has 0 radical (unpaired) electrons. The number of pyridine rings is 1. The fraction of sp³-hybridized carbons (Fsp3) is 0.300. The number of nitrogens with zero attached hydrogens (tertiary/aromatic N) is 1. The molecule has 7 nitrogen and oxygen atoms in total. The fourth-order valence-electron chi connectivity index (χ4n) is 0.912. The van der Waals surface area contributed by atoms with Gasteiger partial charge in [0.15, 0.2) is 0 Å². The van der Waals surface area contributed by atoms with E-state index < -0.39 is 12.3 Å². The molecular formula is C10H11NO6. The van der Waals surface area contributed by atoms with Crippen molar-refractivity contribution in [3.8, 4) is 11.6 Å². The molecule has 7 heteroatoms. The van der Waals surface area contributed by atoms with Gasteiger partial charge < -0.3 is 18.9 Å². The first-order valence-electron chi connectivity index (χ1n) is 4.55. The minimum atomic E-state index is -0.912. The van der Waals surface area contributed by atoms with Crippen LogP contribution in [0.1, 0.15) is 5.56 Å². The van der Waals surface area contributed by atoms with E-state index in [-0.39, 0.29) is 11.6 Å². The lowest BCUT2D eigenvalue weighted by molar-refractivity contribution is 0.118. The van der Waals surface area contributed by atoms with E-state index in [4.69, 9.17) is 4.74 Å². The minimum Gasteiger partial charge on any atom is -0.437 e. The second kappa shape index (κ2) is 5.69. The van der Waals surface area contributed by atoms with Gasteiger partial charge in [-0.2, -0.15) is 0 Å². The van der Waals surface area contributed by atoms with Gasteiger partial charge in [-0.25, -0.2) is 14.6 Å². The standard InChI is InChI=1S/C10H11NO6/c1-6-5-11-8(17-10(13)15-3)4-7(6)16-9(12)14-2/h4-5H,1-3H3. The maximum absolute atomic E-state index is 10.9. The topological polar surface area (TPSA) is 84.0 Å². The Bertz CT molecular complexity index is 431. The molecule has 0 spiro atoms. The highest BCUT2D eigenvalue weighted by Crippen LogP contribution is 2.22. The number of ether oxygens (including phenoxy) is 4. The Labute approximate surface area is 97.3 Å². The summed E-state index contributed by atoms with van der Waals surface area (Å²) >= 11 is 0. The quantitative estimate of drug-likeness (QED) is 0.728. The Morgan fingerprint density at radius 2 is 1.71 bits per heavy atom. The molecule has 0 N–H and O–H groups in total. The predicted molar refractivity (Wildman–Crippen MR) is 55.0 cm³/mol. The van der Waals surface area contributed by atoms with Crippen molar-refractivity contribution in [3.05, 3.63) is 17.8 Å². The molecule has 0 unspecified atom stereocenters. The third-order valence-electron chi connectivity index (χ3n) is 1.74. The van der Waals surface area contributed by atoms with Crippen molar-refractivity contribution < 1.29 is 28.5 Å². The Hall–Kier alpha value is -2.31. The smallest absolute Gasteiger partial charge is 0.437 e. The maximum Gasteiger partial charge on any atom is 0.514 e. The van der Waals surface area contributed by atoms with E-state index in [1.807, 2.05) is 0 Å². The average Bonchev–Trinajstić information content (AvgIpc) is 2.33. The van der Waals surface area contributed by atoms with Crippen LogP contribution < -0.4 is 9.47 Å². The summed E-state index contributed by atoms with van der Waals surface area (Å²) in [4.78, 5) is 25.6. The molecule has 0 saturated heterocycles. The Morgan fingerprint density at radius 1 is 1.12 bits per heavy atom. The summed E-state index contributed by atoms with van der Waals surface area (Å²) in [5.41, 5.74) is 0.590. The van der Waals surface area contributed by atoms with Gasteiger partial charge >= 0.3 is 12.3 Å². The van der Waals surface area contributed by atoms with E-state index in [0.29, 0.717) is 5.56 Å². The Morgan fingerprint density at radius 3 is 2.29 bits per heavy atom. The molecule has 0 atom stereocenters. The summed E-state index contributed by atoms with van der Waals surface area (Å²) < 4.78 is 18.1. The van der Waals surface area contributed by atoms with Crippen LogP contribution in [0.15, 0.2) is 12.3 Å². The maximum atomic E-state index is 10.9. The molecule has 0 aromatic carbocycles. The number of rotatable bonds is 2. The van der Waals surface area contributed by atoms with Crippen LogP contribution in [0.25, 0.3) is 0 Å². The van der Waals surface area contributed by atoms with Gasteiger partial charge in [0, 0.05) is 17.8 Å². The van der Waals surface area contributed by atoms with Crippen molar-refractivity contribution in [1.82, 2.24) is 4.98 Å². The zero-order valence-electron chi connectivity index (χ0n) is 9.55. The molecule has 17 heavy (non-hydrogen) atoms. The van der Waals surface area contributed by atoms with Crippen LogP contribution in [0.5, 0.6) is 11.6 Å². The van der Waals surface area contributed by atoms with Crippen LogP contribution in [0, 0.1) is 6.92 Å². The molecule has 0 aliphatic carbocycles. The van der Waals surface area contributed by atoms with Gasteiger partial charge in [-0.05, 0) is 6.92 Å². The molecule has 1 aromatic rings. The zero-order chi connectivity index (χ0) is 12.8. The lowest BCUT2D eigenvalue weighted by Crippen LogP contribution is -2.11. The average molecular weight is 241 g/mol. The predicted octanol–water partition coefficient (Wildman–Crippen LogP) is 1.68. The van der Waals surface area contributed by atoms with Gasteiger partial charge in [0.25, 0.3) is 0 Å². The highest BCUT2D eigenvalue weighted by atomic mass is 16.7. The van der Waals surface area contributed by atoms with Gasteiger partial charge in [-0.1, -0.05) is 0 Å². The van der Waals surface area contributed by atoms with Crippen molar-refractivity contribution in [2.24, 2.45) is 0 Å². The summed E-state index contributed by atoms with van der Waals surface area (Å²) in [6.07, 6.45) is -0.398. The molecule has 1 aromatic heterocycles. The summed E-state index contributed by atoms with van der Waals surface area (Å²) in [6.45, 7) is 1.67. The molecule has 0 aliphatic heterocycles. The second-order valence-corrected chi connectivity index (χ2v) is 2.90. The summed E-state index contributed by atoms with van der Waals surface area (Å²) in [7, 11) is 2.35. The number of hydrogen-bond acceptors (Lipinski definition) is 7. The highest BCUT2D eigenvalue weighted by molar-refractivity contribution is 5.65. The van der Waals surface area contributed by atoms with Crippen LogP contribution in [0.3, 0.4) is 0 Å². The lowest BCUT2D eigenvalue weighted by atomic mass is 10.3. The monoisotopic (exact) mass is 241 g/mol. The van der Waals surface area contributed by atoms with Crippen molar-refractivity contribution in [2.45, 2.75) is 6.92 Å². The number of carbonyl (C=O) groups is 2. The molecule has 0 fully saturated rings. The van der Waals surface area contributed by atoms with Gasteiger partial charge in [-0.15, -0.1) is 0 Å². The van der Waals surface area contributed by atoms with Crippen LogP contribution >= 0.6 is 0 Å². The highest BCUT2D eigenvalue weighted by Gasteiger charge is 2.11. The van der Waals surface area contributed by atoms with Crippen LogP contribution in [-0.4, -0.2) is 31.5 Å². The van der Waals surface area contributed by atoms with E-state index in [2.05, 4.69) is 19.2 Å². The van der Waals surface area contributed by atoms with Gasteiger partial charge in [0.1, 0.15) is 5.75 Å². The molecular weight excluding hydrogens is 230 g/mol. The summed E-state index contributed by atoms with van der Waals surface area (Å²) in [6, 6.07) is 1.28. The number of methoxy groups -OCH3 is 2. The SMILES string of the molecule is COC(=O)Oc1cc(OC(=O)OC)c(C)cn1. The van der Waals surface area contributed by atoms with Gasteiger partial charge in [0.05, 0.1) is 14.2 Å². The molecule has 0 amide bonds.